The third-order valence-electron chi connectivity index (χ3n) is 3.74. The Hall–Kier alpha value is -1.16. The van der Waals surface area contributed by atoms with Gasteiger partial charge in [-0.15, -0.1) is 0 Å². The van der Waals surface area contributed by atoms with E-state index in [1.54, 1.807) is 0 Å². The molecule has 3 nitrogen and oxygen atoms in total. The van der Waals surface area contributed by atoms with E-state index in [1.165, 1.54) is 18.6 Å². The van der Waals surface area contributed by atoms with Crippen molar-refractivity contribution in [1.82, 2.24) is 5.32 Å². The highest BCUT2D eigenvalue weighted by Gasteiger charge is 2.30. The molecule has 3 N–H and O–H groups in total. The van der Waals surface area contributed by atoms with Crippen LogP contribution in [-0.2, 0) is 4.79 Å². The Bertz CT molecular complexity index is 455. The number of nitrogen functional groups attached to an aromatic ring is 1. The van der Waals surface area contributed by atoms with E-state index in [0.29, 0.717) is 5.69 Å². The molecule has 0 spiro atoms. The molecule has 1 heterocycles. The van der Waals surface area contributed by atoms with E-state index in [0.717, 1.165) is 12.1 Å². The van der Waals surface area contributed by atoms with E-state index in [1.807, 2.05) is 43.0 Å². The first kappa shape index (κ1) is 14.3. The van der Waals surface area contributed by atoms with E-state index in [2.05, 4.69) is 12.2 Å². The van der Waals surface area contributed by atoms with Crippen molar-refractivity contribution in [3.05, 3.63) is 29.8 Å². The van der Waals surface area contributed by atoms with Gasteiger partial charge in [0.05, 0.1) is 5.92 Å². The Kier molecular flexibility index (Phi) is 4.40. The van der Waals surface area contributed by atoms with E-state index < -0.39 is 0 Å². The third-order valence-corrected chi connectivity index (χ3v) is 5.28. The highest BCUT2D eigenvalue weighted by Crippen LogP contribution is 2.37. The zero-order valence-electron chi connectivity index (χ0n) is 11.6. The number of amides is 1. The standard InChI is InChI=1S/C15H22N2OS/c1-11(12-5-3-6-13(16)9-12)14(18)17-10-15(2)7-4-8-19-15/h3,5-6,9,11H,4,7-8,10,16H2,1-2H3,(H,17,18). The third kappa shape index (κ3) is 3.66. The summed E-state index contributed by atoms with van der Waals surface area (Å²) in [4.78, 5) is 12.2. The zero-order valence-corrected chi connectivity index (χ0v) is 12.4. The summed E-state index contributed by atoms with van der Waals surface area (Å²) >= 11 is 1.96. The Labute approximate surface area is 119 Å². The maximum Gasteiger partial charge on any atom is 0.227 e. The fraction of sp³-hybridized carbons (Fsp3) is 0.533. The minimum Gasteiger partial charge on any atom is -0.399 e. The zero-order chi connectivity index (χ0) is 13.9. The van der Waals surface area contributed by atoms with Crippen LogP contribution in [0.2, 0.25) is 0 Å². The number of carbonyl (C=O) groups is 1. The van der Waals surface area contributed by atoms with Gasteiger partial charge in [-0.1, -0.05) is 12.1 Å². The lowest BCUT2D eigenvalue weighted by molar-refractivity contribution is -0.122. The molecule has 2 rings (SSSR count). The van der Waals surface area contributed by atoms with Crippen molar-refractivity contribution >= 4 is 23.4 Å². The van der Waals surface area contributed by atoms with Crippen molar-refractivity contribution in [2.45, 2.75) is 37.4 Å². The van der Waals surface area contributed by atoms with Gasteiger partial charge in [0, 0.05) is 17.0 Å². The minimum absolute atomic E-state index is 0.0827. The van der Waals surface area contributed by atoms with Gasteiger partial charge in [-0.3, -0.25) is 4.79 Å². The van der Waals surface area contributed by atoms with Gasteiger partial charge in [-0.25, -0.2) is 0 Å². The topological polar surface area (TPSA) is 55.1 Å². The van der Waals surface area contributed by atoms with Crippen LogP contribution >= 0.6 is 11.8 Å². The minimum atomic E-state index is -0.154. The van der Waals surface area contributed by atoms with Gasteiger partial charge < -0.3 is 11.1 Å². The summed E-state index contributed by atoms with van der Waals surface area (Å²) in [5, 5.41) is 3.08. The number of thioether (sulfide) groups is 1. The Balaban J connectivity index is 1.92. The number of hydrogen-bond donors (Lipinski definition) is 2. The molecule has 104 valence electrons. The molecule has 1 aliphatic heterocycles. The molecular weight excluding hydrogens is 256 g/mol. The highest BCUT2D eigenvalue weighted by atomic mass is 32.2. The number of carbonyl (C=O) groups excluding carboxylic acids is 1. The van der Waals surface area contributed by atoms with Crippen LogP contribution in [0.15, 0.2) is 24.3 Å². The van der Waals surface area contributed by atoms with Crippen molar-refractivity contribution in [3.8, 4) is 0 Å². The van der Waals surface area contributed by atoms with Crippen molar-refractivity contribution in [2.24, 2.45) is 0 Å². The molecule has 1 saturated heterocycles. The molecule has 2 unspecified atom stereocenters. The van der Waals surface area contributed by atoms with Crippen LogP contribution in [0, 0.1) is 0 Å². The fourth-order valence-electron chi connectivity index (χ4n) is 2.38. The number of rotatable bonds is 4. The van der Waals surface area contributed by atoms with Crippen LogP contribution in [0.1, 0.15) is 38.2 Å². The van der Waals surface area contributed by atoms with Crippen LogP contribution in [0.4, 0.5) is 5.69 Å². The number of nitrogens with one attached hydrogen (secondary N) is 1. The molecule has 0 aromatic heterocycles. The SMILES string of the molecule is CC(C(=O)NCC1(C)CCCS1)c1cccc(N)c1. The average molecular weight is 278 g/mol. The van der Waals surface area contributed by atoms with Crippen LogP contribution in [0.5, 0.6) is 0 Å². The van der Waals surface area contributed by atoms with Gasteiger partial charge in [0.1, 0.15) is 0 Å². The predicted molar refractivity (Wildman–Crippen MR) is 82.4 cm³/mol. The second kappa shape index (κ2) is 5.87. The first-order valence-corrected chi connectivity index (χ1v) is 7.76. The lowest BCUT2D eigenvalue weighted by Gasteiger charge is -2.24. The van der Waals surface area contributed by atoms with Crippen LogP contribution in [0.3, 0.4) is 0 Å². The lowest BCUT2D eigenvalue weighted by atomic mass is 9.99. The van der Waals surface area contributed by atoms with Crippen LogP contribution < -0.4 is 11.1 Å². The quantitative estimate of drug-likeness (QED) is 0.833. The van der Waals surface area contributed by atoms with Crippen molar-refractivity contribution in [2.75, 3.05) is 18.0 Å². The lowest BCUT2D eigenvalue weighted by Crippen LogP contribution is -2.38. The Morgan fingerprint density at radius 2 is 2.37 bits per heavy atom. The number of nitrogens with two attached hydrogens (primary N) is 1. The summed E-state index contributed by atoms with van der Waals surface area (Å²) in [6.07, 6.45) is 2.44. The molecule has 1 fully saturated rings. The first-order chi connectivity index (χ1) is 9.00. The van der Waals surface area contributed by atoms with Gasteiger partial charge in [-0.05, 0) is 50.1 Å². The van der Waals surface area contributed by atoms with Crippen molar-refractivity contribution < 1.29 is 4.79 Å². The highest BCUT2D eigenvalue weighted by molar-refractivity contribution is 8.00. The molecule has 1 aromatic carbocycles. The molecule has 1 aliphatic rings. The summed E-state index contributed by atoms with van der Waals surface area (Å²) in [7, 11) is 0. The molecule has 1 amide bonds. The number of hydrogen-bond acceptors (Lipinski definition) is 3. The van der Waals surface area contributed by atoms with Gasteiger partial charge in [0.2, 0.25) is 5.91 Å². The average Bonchev–Trinajstić information content (AvgIpc) is 2.82. The number of benzene rings is 1. The van der Waals surface area contributed by atoms with Crippen molar-refractivity contribution in [1.29, 1.82) is 0 Å². The van der Waals surface area contributed by atoms with Gasteiger partial charge in [-0.2, -0.15) is 11.8 Å². The fourth-order valence-corrected chi connectivity index (χ4v) is 3.63. The molecular formula is C15H22N2OS. The maximum atomic E-state index is 12.2. The van der Waals surface area contributed by atoms with Gasteiger partial charge in [0.15, 0.2) is 0 Å². The summed E-state index contributed by atoms with van der Waals surface area (Å²) in [6.45, 7) is 4.91. The summed E-state index contributed by atoms with van der Waals surface area (Å²) in [6, 6.07) is 7.55. The smallest absolute Gasteiger partial charge is 0.227 e. The second-order valence-corrected chi connectivity index (χ2v) is 7.19. The van der Waals surface area contributed by atoms with Crippen LogP contribution in [0.25, 0.3) is 0 Å². The van der Waals surface area contributed by atoms with E-state index in [4.69, 9.17) is 5.73 Å². The van der Waals surface area contributed by atoms with E-state index >= 15 is 0 Å². The normalized spacial score (nSPS) is 24.1. The molecule has 0 radical (unpaired) electrons. The predicted octanol–water partition coefficient (Wildman–Crippen LogP) is 2.77. The summed E-state index contributed by atoms with van der Waals surface area (Å²) in [5.41, 5.74) is 7.43. The Morgan fingerprint density at radius 3 is 3.00 bits per heavy atom. The van der Waals surface area contributed by atoms with Crippen LogP contribution in [-0.4, -0.2) is 23.0 Å². The number of anilines is 1. The molecule has 0 aliphatic carbocycles. The van der Waals surface area contributed by atoms with Gasteiger partial charge in [0.25, 0.3) is 0 Å². The van der Waals surface area contributed by atoms with E-state index in [-0.39, 0.29) is 16.6 Å². The molecule has 1 aromatic rings. The Morgan fingerprint density at radius 1 is 1.58 bits per heavy atom. The molecule has 4 heteroatoms. The molecule has 0 bridgehead atoms. The molecule has 0 saturated carbocycles. The largest absolute Gasteiger partial charge is 0.399 e. The summed E-state index contributed by atoms with van der Waals surface area (Å²) < 4.78 is 0.213. The van der Waals surface area contributed by atoms with Crippen molar-refractivity contribution in [3.63, 3.8) is 0 Å². The van der Waals surface area contributed by atoms with Gasteiger partial charge >= 0.3 is 0 Å². The molecule has 19 heavy (non-hydrogen) atoms. The second-order valence-electron chi connectivity index (χ2n) is 5.51. The summed E-state index contributed by atoms with van der Waals surface area (Å²) in [5.74, 6) is 1.13. The maximum absolute atomic E-state index is 12.2. The first-order valence-electron chi connectivity index (χ1n) is 6.77. The monoisotopic (exact) mass is 278 g/mol. The van der Waals surface area contributed by atoms with E-state index in [9.17, 15) is 4.79 Å². The molecule has 2 atom stereocenters.